The molecule has 2 heterocycles. The Morgan fingerprint density at radius 3 is 2.82 bits per heavy atom. The van der Waals surface area contributed by atoms with Crippen LogP contribution in [0.5, 0.6) is 0 Å². The van der Waals surface area contributed by atoms with Gasteiger partial charge in [-0.3, -0.25) is 4.90 Å². The number of nitrogens with zero attached hydrogens (tertiary/aromatic N) is 3. The maximum atomic E-state index is 5.86. The Morgan fingerprint density at radius 2 is 2.18 bits per heavy atom. The minimum absolute atomic E-state index is 0.546. The van der Waals surface area contributed by atoms with Gasteiger partial charge < -0.3 is 0 Å². The summed E-state index contributed by atoms with van der Waals surface area (Å²) in [6.07, 6.45) is 0. The molecule has 0 N–H and O–H groups in total. The molecular weight excluding hydrogens is 254 g/mol. The Kier molecular flexibility index (Phi) is 4.10. The summed E-state index contributed by atoms with van der Waals surface area (Å²) in [6.45, 7) is 3.72. The summed E-state index contributed by atoms with van der Waals surface area (Å²) < 4.78 is 0. The monoisotopic (exact) mass is 267 g/mol. The summed E-state index contributed by atoms with van der Waals surface area (Å²) in [5.74, 6) is 0. The second-order valence-corrected chi connectivity index (χ2v) is 5.31. The maximum Gasteiger partial charge on any atom is 0.129 e. The van der Waals surface area contributed by atoms with Gasteiger partial charge in [-0.2, -0.15) is 0 Å². The zero-order valence-electron chi connectivity index (χ0n) is 9.85. The number of thiazole rings is 1. The molecule has 2 aromatic rings. The standard InChI is InChI=1S/C12H14ClN3S/c1-9-11(17-8-14-9)7-16(2)6-10-4-3-5-12(13)15-10/h3-5,8H,6-7H2,1-2H3. The van der Waals surface area contributed by atoms with Gasteiger partial charge in [-0.15, -0.1) is 11.3 Å². The van der Waals surface area contributed by atoms with Crippen LogP contribution in [0.25, 0.3) is 0 Å². The van der Waals surface area contributed by atoms with Crippen LogP contribution in [-0.4, -0.2) is 21.9 Å². The van der Waals surface area contributed by atoms with E-state index in [0.717, 1.165) is 24.5 Å². The largest absolute Gasteiger partial charge is 0.295 e. The molecule has 0 atom stereocenters. The molecular formula is C12H14ClN3S. The van der Waals surface area contributed by atoms with Gasteiger partial charge in [0.2, 0.25) is 0 Å². The number of aromatic nitrogens is 2. The number of aryl methyl sites for hydroxylation is 1. The van der Waals surface area contributed by atoms with Crippen LogP contribution in [0.1, 0.15) is 16.3 Å². The van der Waals surface area contributed by atoms with E-state index in [2.05, 4.69) is 21.9 Å². The van der Waals surface area contributed by atoms with Crippen LogP contribution in [0.3, 0.4) is 0 Å². The first-order valence-corrected chi connectivity index (χ1v) is 6.60. The third-order valence-corrected chi connectivity index (χ3v) is 3.59. The molecule has 0 amide bonds. The molecule has 0 radical (unpaired) electrons. The van der Waals surface area contributed by atoms with E-state index in [4.69, 9.17) is 11.6 Å². The van der Waals surface area contributed by atoms with Crippen LogP contribution in [0.2, 0.25) is 5.15 Å². The van der Waals surface area contributed by atoms with Gasteiger partial charge in [0.1, 0.15) is 5.15 Å². The van der Waals surface area contributed by atoms with Crippen LogP contribution in [-0.2, 0) is 13.1 Å². The molecule has 2 aromatic heterocycles. The van der Waals surface area contributed by atoms with E-state index < -0.39 is 0 Å². The van der Waals surface area contributed by atoms with Gasteiger partial charge in [0.15, 0.2) is 0 Å². The van der Waals surface area contributed by atoms with E-state index in [9.17, 15) is 0 Å². The van der Waals surface area contributed by atoms with Crippen LogP contribution in [0.4, 0.5) is 0 Å². The lowest BCUT2D eigenvalue weighted by molar-refractivity contribution is 0.317. The van der Waals surface area contributed by atoms with Gasteiger partial charge in [0, 0.05) is 18.0 Å². The molecule has 0 aliphatic carbocycles. The number of pyridine rings is 1. The predicted octanol–water partition coefficient (Wildman–Crippen LogP) is 3.13. The first kappa shape index (κ1) is 12.5. The second-order valence-electron chi connectivity index (χ2n) is 3.98. The number of halogens is 1. The molecule has 5 heteroatoms. The minimum atomic E-state index is 0.546. The van der Waals surface area contributed by atoms with Crippen molar-refractivity contribution >= 4 is 22.9 Å². The number of rotatable bonds is 4. The van der Waals surface area contributed by atoms with Crippen molar-refractivity contribution in [3.8, 4) is 0 Å². The fraction of sp³-hybridized carbons (Fsp3) is 0.333. The average molecular weight is 268 g/mol. The fourth-order valence-corrected chi connectivity index (χ4v) is 2.63. The molecule has 0 fully saturated rings. The van der Waals surface area contributed by atoms with Crippen LogP contribution >= 0.6 is 22.9 Å². The third-order valence-electron chi connectivity index (χ3n) is 2.46. The normalized spacial score (nSPS) is 11.1. The van der Waals surface area contributed by atoms with E-state index in [-0.39, 0.29) is 0 Å². The molecule has 0 spiro atoms. The highest BCUT2D eigenvalue weighted by molar-refractivity contribution is 7.09. The van der Waals surface area contributed by atoms with E-state index >= 15 is 0 Å². The van der Waals surface area contributed by atoms with Gasteiger partial charge in [-0.05, 0) is 26.1 Å². The van der Waals surface area contributed by atoms with Crippen molar-refractivity contribution in [2.24, 2.45) is 0 Å². The van der Waals surface area contributed by atoms with Crippen molar-refractivity contribution in [3.05, 3.63) is 45.1 Å². The smallest absolute Gasteiger partial charge is 0.129 e. The Balaban J connectivity index is 1.98. The van der Waals surface area contributed by atoms with Crippen molar-refractivity contribution in [3.63, 3.8) is 0 Å². The summed E-state index contributed by atoms with van der Waals surface area (Å²) in [5.41, 5.74) is 3.99. The molecule has 17 heavy (non-hydrogen) atoms. The molecule has 90 valence electrons. The highest BCUT2D eigenvalue weighted by Crippen LogP contribution is 2.15. The quantitative estimate of drug-likeness (QED) is 0.797. The lowest BCUT2D eigenvalue weighted by Gasteiger charge is -2.15. The highest BCUT2D eigenvalue weighted by Gasteiger charge is 2.07. The van der Waals surface area contributed by atoms with E-state index in [1.165, 1.54) is 4.88 Å². The summed E-state index contributed by atoms with van der Waals surface area (Å²) in [6, 6.07) is 5.71. The Bertz CT molecular complexity index is 498. The number of hydrogen-bond donors (Lipinski definition) is 0. The Hall–Kier alpha value is -0.970. The molecule has 0 aliphatic rings. The second kappa shape index (κ2) is 5.58. The Morgan fingerprint density at radius 1 is 1.35 bits per heavy atom. The molecule has 0 aliphatic heterocycles. The lowest BCUT2D eigenvalue weighted by Crippen LogP contribution is -2.17. The van der Waals surface area contributed by atoms with Crippen molar-refractivity contribution in [1.29, 1.82) is 0 Å². The molecule has 0 unspecified atom stereocenters. The van der Waals surface area contributed by atoms with E-state index in [0.29, 0.717) is 5.15 Å². The number of hydrogen-bond acceptors (Lipinski definition) is 4. The van der Waals surface area contributed by atoms with Crippen LogP contribution < -0.4 is 0 Å². The van der Waals surface area contributed by atoms with E-state index in [1.807, 2.05) is 24.6 Å². The molecule has 2 rings (SSSR count). The SMILES string of the molecule is Cc1ncsc1CN(C)Cc1cccc(Cl)n1. The van der Waals surface area contributed by atoms with Crippen molar-refractivity contribution in [2.45, 2.75) is 20.0 Å². The summed E-state index contributed by atoms with van der Waals surface area (Å²) in [5, 5.41) is 0.546. The summed E-state index contributed by atoms with van der Waals surface area (Å²) >= 11 is 7.55. The maximum absolute atomic E-state index is 5.86. The molecule has 0 saturated heterocycles. The topological polar surface area (TPSA) is 29.0 Å². The lowest BCUT2D eigenvalue weighted by atomic mass is 10.3. The molecule has 3 nitrogen and oxygen atoms in total. The Labute approximate surface area is 110 Å². The first-order chi connectivity index (χ1) is 8.15. The highest BCUT2D eigenvalue weighted by atomic mass is 35.5. The predicted molar refractivity (Wildman–Crippen MR) is 71.3 cm³/mol. The minimum Gasteiger partial charge on any atom is -0.295 e. The van der Waals surface area contributed by atoms with Gasteiger partial charge in [0.05, 0.1) is 16.9 Å². The van der Waals surface area contributed by atoms with E-state index in [1.54, 1.807) is 17.4 Å². The fourth-order valence-electron chi connectivity index (χ4n) is 1.59. The molecule has 0 saturated carbocycles. The molecule has 0 bridgehead atoms. The first-order valence-electron chi connectivity index (χ1n) is 5.34. The van der Waals surface area contributed by atoms with Gasteiger partial charge in [0.25, 0.3) is 0 Å². The van der Waals surface area contributed by atoms with Crippen molar-refractivity contribution < 1.29 is 0 Å². The zero-order chi connectivity index (χ0) is 12.3. The zero-order valence-corrected chi connectivity index (χ0v) is 11.4. The average Bonchev–Trinajstić information content (AvgIpc) is 2.64. The van der Waals surface area contributed by atoms with Crippen molar-refractivity contribution in [1.82, 2.24) is 14.9 Å². The van der Waals surface area contributed by atoms with Crippen molar-refractivity contribution in [2.75, 3.05) is 7.05 Å². The molecule has 0 aromatic carbocycles. The van der Waals surface area contributed by atoms with Gasteiger partial charge in [-0.1, -0.05) is 17.7 Å². The summed E-state index contributed by atoms with van der Waals surface area (Å²) in [7, 11) is 2.07. The van der Waals surface area contributed by atoms with Gasteiger partial charge in [-0.25, -0.2) is 9.97 Å². The summed E-state index contributed by atoms with van der Waals surface area (Å²) in [4.78, 5) is 12.0. The third kappa shape index (κ3) is 3.49. The van der Waals surface area contributed by atoms with Crippen LogP contribution in [0, 0.1) is 6.92 Å². The van der Waals surface area contributed by atoms with Gasteiger partial charge >= 0.3 is 0 Å². The van der Waals surface area contributed by atoms with Crippen LogP contribution in [0.15, 0.2) is 23.7 Å².